The lowest BCUT2D eigenvalue weighted by Gasteiger charge is -2.00. The number of benzene rings is 1. The fourth-order valence-corrected chi connectivity index (χ4v) is 3.57. The molecule has 1 unspecified atom stereocenters. The third-order valence-corrected chi connectivity index (χ3v) is 5.29. The van der Waals surface area contributed by atoms with Gasteiger partial charge in [0.2, 0.25) is 0 Å². The van der Waals surface area contributed by atoms with E-state index in [-0.39, 0.29) is 11.5 Å². The van der Waals surface area contributed by atoms with Gasteiger partial charge >= 0.3 is 0 Å². The average molecular weight is 329 g/mol. The highest BCUT2D eigenvalue weighted by molar-refractivity contribution is 9.10. The van der Waals surface area contributed by atoms with Gasteiger partial charge in [0.15, 0.2) is 5.78 Å². The number of carbonyl (C=O) groups excluding carboxylic acids is 1. The maximum atomic E-state index is 11.9. The Hall–Kier alpha value is -0.780. The lowest BCUT2D eigenvalue weighted by atomic mass is 10.2. The molecule has 0 spiro atoms. The lowest BCUT2D eigenvalue weighted by Crippen LogP contribution is -2.10. The predicted octanol–water partition coefficient (Wildman–Crippen LogP) is 3.50. The zero-order valence-electron chi connectivity index (χ0n) is 8.76. The van der Waals surface area contributed by atoms with Crippen molar-refractivity contribution in [3.05, 3.63) is 51.8 Å². The topological polar surface area (TPSA) is 34.1 Å². The third kappa shape index (κ3) is 3.34. The molecule has 0 N–H and O–H groups in total. The number of halogens is 1. The fourth-order valence-electron chi connectivity index (χ4n) is 1.30. The zero-order chi connectivity index (χ0) is 12.3. The highest BCUT2D eigenvalue weighted by Crippen LogP contribution is 2.16. The maximum absolute atomic E-state index is 11.9. The molecule has 1 aromatic carbocycles. The van der Waals surface area contributed by atoms with Crippen LogP contribution in [0.3, 0.4) is 0 Å². The quantitative estimate of drug-likeness (QED) is 0.805. The van der Waals surface area contributed by atoms with Gasteiger partial charge in [0.05, 0.1) is 20.8 Å². The number of thiophene rings is 1. The van der Waals surface area contributed by atoms with E-state index in [1.807, 2.05) is 11.4 Å². The molecule has 0 saturated heterocycles. The van der Waals surface area contributed by atoms with Gasteiger partial charge in [-0.15, -0.1) is 11.3 Å². The first-order chi connectivity index (χ1) is 8.16. The van der Waals surface area contributed by atoms with Crippen LogP contribution in [0.15, 0.2) is 50.5 Å². The van der Waals surface area contributed by atoms with E-state index in [9.17, 15) is 9.00 Å². The first-order valence-corrected chi connectivity index (χ1v) is 7.86. The minimum atomic E-state index is -1.23. The smallest absolute Gasteiger partial charge is 0.175 e. The van der Waals surface area contributed by atoms with Gasteiger partial charge < -0.3 is 0 Å². The van der Waals surface area contributed by atoms with Gasteiger partial charge in [-0.2, -0.15) is 0 Å². The second kappa shape index (κ2) is 5.71. The van der Waals surface area contributed by atoms with Gasteiger partial charge in [-0.25, -0.2) is 0 Å². The van der Waals surface area contributed by atoms with E-state index in [1.165, 1.54) is 11.3 Å². The van der Waals surface area contributed by atoms with E-state index in [0.717, 1.165) is 8.68 Å². The number of carbonyl (C=O) groups is 1. The molecule has 0 amide bonds. The Morgan fingerprint density at radius 1 is 1.24 bits per heavy atom. The Morgan fingerprint density at radius 2 is 1.94 bits per heavy atom. The Bertz CT molecular complexity index is 532. The Kier molecular flexibility index (Phi) is 4.25. The normalized spacial score (nSPS) is 12.3. The largest absolute Gasteiger partial charge is 0.293 e. The van der Waals surface area contributed by atoms with E-state index >= 15 is 0 Å². The van der Waals surface area contributed by atoms with Gasteiger partial charge in [-0.05, 0) is 23.6 Å². The van der Waals surface area contributed by atoms with E-state index in [1.54, 1.807) is 30.3 Å². The van der Waals surface area contributed by atoms with E-state index in [0.29, 0.717) is 5.56 Å². The molecule has 0 radical (unpaired) electrons. The van der Waals surface area contributed by atoms with Crippen LogP contribution in [0.2, 0.25) is 0 Å². The van der Waals surface area contributed by atoms with Gasteiger partial charge in [0.1, 0.15) is 0 Å². The minimum absolute atomic E-state index is 0.0438. The first kappa shape index (κ1) is 12.7. The highest BCUT2D eigenvalue weighted by Gasteiger charge is 2.12. The van der Waals surface area contributed by atoms with Crippen molar-refractivity contribution in [2.75, 3.05) is 5.75 Å². The first-order valence-electron chi connectivity index (χ1n) is 4.87. The molecule has 5 heteroatoms. The van der Waals surface area contributed by atoms with Crippen LogP contribution in [-0.2, 0) is 10.8 Å². The number of rotatable bonds is 4. The molecule has 0 saturated carbocycles. The van der Waals surface area contributed by atoms with Crippen molar-refractivity contribution in [1.82, 2.24) is 0 Å². The summed E-state index contributed by atoms with van der Waals surface area (Å²) in [4.78, 5) is 11.9. The molecule has 1 aromatic heterocycles. The van der Waals surface area contributed by atoms with Crippen molar-refractivity contribution >= 4 is 43.8 Å². The molecule has 2 nitrogen and oxygen atoms in total. The summed E-state index contributed by atoms with van der Waals surface area (Å²) in [7, 11) is -1.23. The molecule has 0 aliphatic rings. The number of Topliss-reactive ketones (excluding diaryl/α,β-unsaturated/α-hetero) is 1. The van der Waals surface area contributed by atoms with Crippen LogP contribution in [0.4, 0.5) is 0 Å². The summed E-state index contributed by atoms with van der Waals surface area (Å²) in [5.41, 5.74) is 0.595. The fraction of sp³-hybridized carbons (Fsp3) is 0.0833. The van der Waals surface area contributed by atoms with E-state index in [2.05, 4.69) is 15.9 Å². The number of ketones is 1. The van der Waals surface area contributed by atoms with Crippen molar-refractivity contribution in [2.24, 2.45) is 0 Å². The zero-order valence-corrected chi connectivity index (χ0v) is 12.0. The summed E-state index contributed by atoms with van der Waals surface area (Å²) in [6.07, 6.45) is 0. The van der Waals surface area contributed by atoms with Crippen LogP contribution in [0.5, 0.6) is 0 Å². The summed E-state index contributed by atoms with van der Waals surface area (Å²) in [6, 6.07) is 10.7. The van der Waals surface area contributed by atoms with Crippen LogP contribution < -0.4 is 0 Å². The van der Waals surface area contributed by atoms with E-state index < -0.39 is 10.8 Å². The molecule has 2 aromatic rings. The maximum Gasteiger partial charge on any atom is 0.175 e. The number of hydrogen-bond acceptors (Lipinski definition) is 3. The predicted molar refractivity (Wildman–Crippen MR) is 74.1 cm³/mol. The van der Waals surface area contributed by atoms with Crippen LogP contribution in [0, 0.1) is 0 Å². The minimum Gasteiger partial charge on any atom is -0.293 e. The average Bonchev–Trinajstić information content (AvgIpc) is 2.83. The lowest BCUT2D eigenvalue weighted by molar-refractivity contribution is 0.102. The standard InChI is InChI=1S/C12H9BrO2S2/c13-10-5-3-9(4-6-10)11(14)8-17(15)12-2-1-7-16-12/h1-7H,8H2. The molecule has 0 aliphatic carbocycles. The number of hydrogen-bond donors (Lipinski definition) is 0. The second-order valence-corrected chi connectivity index (χ2v) is 6.89. The van der Waals surface area contributed by atoms with E-state index in [4.69, 9.17) is 0 Å². The second-order valence-electron chi connectivity index (χ2n) is 3.35. The van der Waals surface area contributed by atoms with Crippen LogP contribution in [0.25, 0.3) is 0 Å². The molecule has 1 heterocycles. The summed E-state index contributed by atoms with van der Waals surface area (Å²) in [5.74, 6) is -0.0495. The van der Waals surface area contributed by atoms with Gasteiger partial charge in [0, 0.05) is 10.0 Å². The Morgan fingerprint density at radius 3 is 2.53 bits per heavy atom. The molecular formula is C12H9BrO2S2. The molecule has 17 heavy (non-hydrogen) atoms. The van der Waals surface area contributed by atoms with Gasteiger partial charge in [-0.3, -0.25) is 9.00 Å². The highest BCUT2D eigenvalue weighted by atomic mass is 79.9. The molecule has 0 fully saturated rings. The molecular weight excluding hydrogens is 320 g/mol. The van der Waals surface area contributed by atoms with Crippen molar-refractivity contribution < 1.29 is 9.00 Å². The molecule has 88 valence electrons. The summed E-state index contributed by atoms with van der Waals surface area (Å²) >= 11 is 4.72. The summed E-state index contributed by atoms with van der Waals surface area (Å²) in [6.45, 7) is 0. The van der Waals surface area contributed by atoms with Crippen molar-refractivity contribution in [3.63, 3.8) is 0 Å². The van der Waals surface area contributed by atoms with Crippen molar-refractivity contribution in [3.8, 4) is 0 Å². The Labute approximate surface area is 114 Å². The van der Waals surface area contributed by atoms with Crippen LogP contribution in [-0.4, -0.2) is 15.7 Å². The molecule has 0 bridgehead atoms. The van der Waals surface area contributed by atoms with Crippen molar-refractivity contribution in [2.45, 2.75) is 4.21 Å². The van der Waals surface area contributed by atoms with Crippen molar-refractivity contribution in [1.29, 1.82) is 0 Å². The third-order valence-electron chi connectivity index (χ3n) is 2.15. The molecule has 1 atom stereocenters. The van der Waals surface area contributed by atoms with Gasteiger partial charge in [0.25, 0.3) is 0 Å². The van der Waals surface area contributed by atoms with Gasteiger partial charge in [-0.1, -0.05) is 34.1 Å². The Balaban J connectivity index is 2.07. The SMILES string of the molecule is O=C(CS(=O)c1cccs1)c1ccc(Br)cc1. The van der Waals surface area contributed by atoms with Crippen LogP contribution in [0.1, 0.15) is 10.4 Å². The summed E-state index contributed by atoms with van der Waals surface area (Å²) in [5, 5.41) is 1.86. The molecule has 0 aliphatic heterocycles. The molecule has 2 rings (SSSR count). The monoisotopic (exact) mass is 328 g/mol. The van der Waals surface area contributed by atoms with Crippen LogP contribution >= 0.6 is 27.3 Å². The summed E-state index contributed by atoms with van der Waals surface area (Å²) < 4.78 is 13.5.